The Labute approximate surface area is 205 Å². The van der Waals surface area contributed by atoms with Crippen LogP contribution in [0.2, 0.25) is 5.02 Å². The molecule has 0 bridgehead atoms. The number of aryl methyl sites for hydroxylation is 1. The Balaban J connectivity index is 2.00. The first kappa shape index (κ1) is 23.8. The second kappa shape index (κ2) is 8.77. The summed E-state index contributed by atoms with van der Waals surface area (Å²) in [5, 5.41) is 12.1. The normalized spacial score (nSPS) is 17.9. The fraction of sp³-hybridized carbons (Fsp3) is 0.241. The fourth-order valence-corrected chi connectivity index (χ4v) is 4.55. The highest BCUT2D eigenvalue weighted by molar-refractivity contribution is 6.52. The summed E-state index contributed by atoms with van der Waals surface area (Å²) in [5.41, 5.74) is 4.29. The smallest absolute Gasteiger partial charge is 0.300 e. The van der Waals surface area contributed by atoms with Crippen molar-refractivity contribution in [1.29, 1.82) is 0 Å². The van der Waals surface area contributed by atoms with Gasteiger partial charge in [-0.2, -0.15) is 0 Å². The zero-order valence-corrected chi connectivity index (χ0v) is 20.8. The number of aliphatic hydroxyl groups is 1. The van der Waals surface area contributed by atoms with Crippen molar-refractivity contribution in [2.24, 2.45) is 0 Å². The molecule has 0 aliphatic carbocycles. The molecule has 34 heavy (non-hydrogen) atoms. The molecule has 0 aromatic heterocycles. The van der Waals surface area contributed by atoms with E-state index >= 15 is 0 Å². The summed E-state index contributed by atoms with van der Waals surface area (Å²) in [4.78, 5) is 28.3. The third-order valence-electron chi connectivity index (χ3n) is 6.42. The van der Waals surface area contributed by atoms with Crippen LogP contribution in [0.4, 0.5) is 5.69 Å². The van der Waals surface area contributed by atoms with Gasteiger partial charge in [-0.25, -0.2) is 0 Å². The van der Waals surface area contributed by atoms with E-state index in [1.165, 1.54) is 4.90 Å². The summed E-state index contributed by atoms with van der Waals surface area (Å²) in [6.07, 6.45) is 0. The molecule has 3 aromatic rings. The van der Waals surface area contributed by atoms with Crippen LogP contribution in [0.25, 0.3) is 5.76 Å². The Morgan fingerprint density at radius 2 is 1.62 bits per heavy atom. The minimum atomic E-state index is -0.781. The maximum absolute atomic E-state index is 13.4. The monoisotopic (exact) mass is 473 g/mol. The first-order valence-corrected chi connectivity index (χ1v) is 11.6. The highest BCUT2D eigenvalue weighted by atomic mass is 35.5. The van der Waals surface area contributed by atoms with E-state index in [4.69, 9.17) is 11.6 Å². The van der Waals surface area contributed by atoms with Gasteiger partial charge in [-0.05, 0) is 59.7 Å². The summed E-state index contributed by atoms with van der Waals surface area (Å²) in [6.45, 7) is 9.97. The Bertz CT molecular complexity index is 1320. The SMILES string of the molecule is Cc1ccc(C(C)(C)C)cc1/C(O)=C1\C(=O)C(=O)N(c2cccc(Cl)c2C)C1c1ccccc1. The third kappa shape index (κ3) is 4.03. The topological polar surface area (TPSA) is 57.6 Å². The number of rotatable bonds is 3. The molecule has 174 valence electrons. The molecule has 4 rings (SSSR count). The van der Waals surface area contributed by atoms with E-state index in [9.17, 15) is 14.7 Å². The molecule has 1 atom stereocenters. The first-order chi connectivity index (χ1) is 16.0. The maximum Gasteiger partial charge on any atom is 0.300 e. The minimum absolute atomic E-state index is 0.0738. The lowest BCUT2D eigenvalue weighted by Crippen LogP contribution is -2.30. The van der Waals surface area contributed by atoms with Crippen molar-refractivity contribution in [3.8, 4) is 0 Å². The van der Waals surface area contributed by atoms with E-state index in [0.29, 0.717) is 21.8 Å². The van der Waals surface area contributed by atoms with Crippen LogP contribution in [0.3, 0.4) is 0 Å². The number of Topliss-reactive ketones (excluding diaryl/α,β-unsaturated/α-hetero) is 1. The van der Waals surface area contributed by atoms with Gasteiger partial charge >= 0.3 is 0 Å². The van der Waals surface area contributed by atoms with Gasteiger partial charge in [0.25, 0.3) is 11.7 Å². The van der Waals surface area contributed by atoms with E-state index in [1.54, 1.807) is 18.2 Å². The molecule has 1 amide bonds. The average molecular weight is 474 g/mol. The van der Waals surface area contributed by atoms with Crippen molar-refractivity contribution < 1.29 is 14.7 Å². The molecule has 5 heteroatoms. The Morgan fingerprint density at radius 1 is 0.941 bits per heavy atom. The zero-order chi connectivity index (χ0) is 24.8. The van der Waals surface area contributed by atoms with Crippen LogP contribution < -0.4 is 4.90 Å². The number of amides is 1. The molecule has 1 fully saturated rings. The molecule has 0 saturated carbocycles. The number of benzene rings is 3. The van der Waals surface area contributed by atoms with Gasteiger partial charge < -0.3 is 5.11 Å². The lowest BCUT2D eigenvalue weighted by atomic mass is 9.84. The van der Waals surface area contributed by atoms with Crippen molar-refractivity contribution in [3.63, 3.8) is 0 Å². The second-order valence-electron chi connectivity index (χ2n) is 9.74. The lowest BCUT2D eigenvalue weighted by molar-refractivity contribution is -0.132. The predicted molar refractivity (Wildman–Crippen MR) is 137 cm³/mol. The van der Waals surface area contributed by atoms with Gasteiger partial charge in [0.2, 0.25) is 0 Å². The fourth-order valence-electron chi connectivity index (χ4n) is 4.38. The van der Waals surface area contributed by atoms with E-state index in [1.807, 2.05) is 62.4 Å². The van der Waals surface area contributed by atoms with Crippen LogP contribution in [0.1, 0.15) is 54.6 Å². The summed E-state index contributed by atoms with van der Waals surface area (Å²) in [7, 11) is 0. The quantitative estimate of drug-likeness (QED) is 0.256. The molecule has 1 N–H and O–H groups in total. The summed E-state index contributed by atoms with van der Waals surface area (Å²) < 4.78 is 0. The van der Waals surface area contributed by atoms with Gasteiger partial charge in [0.05, 0.1) is 11.6 Å². The number of nitrogens with zero attached hydrogens (tertiary/aromatic N) is 1. The van der Waals surface area contributed by atoms with Gasteiger partial charge in [0.1, 0.15) is 5.76 Å². The zero-order valence-electron chi connectivity index (χ0n) is 20.0. The van der Waals surface area contributed by atoms with Crippen LogP contribution in [0.15, 0.2) is 72.3 Å². The number of carbonyl (C=O) groups is 2. The average Bonchev–Trinajstić information content (AvgIpc) is 3.06. The third-order valence-corrected chi connectivity index (χ3v) is 6.83. The lowest BCUT2D eigenvalue weighted by Gasteiger charge is -2.27. The molecule has 1 saturated heterocycles. The van der Waals surface area contributed by atoms with E-state index in [0.717, 1.165) is 16.7 Å². The molecule has 1 heterocycles. The standard InChI is InChI=1S/C29H28ClNO3/c1-17-14-15-20(29(3,4)5)16-21(17)26(32)24-25(19-10-7-6-8-11-19)31(28(34)27(24)33)23-13-9-12-22(30)18(23)2/h6-16,25,32H,1-5H3/b26-24+. The second-order valence-corrected chi connectivity index (χ2v) is 10.2. The number of halogens is 1. The summed E-state index contributed by atoms with van der Waals surface area (Å²) in [5.74, 6) is -1.57. The Hall–Kier alpha value is -3.37. The molecule has 0 spiro atoms. The Kier molecular flexibility index (Phi) is 6.13. The summed E-state index contributed by atoms with van der Waals surface area (Å²) >= 11 is 6.36. The molecule has 0 radical (unpaired) electrons. The van der Waals surface area contributed by atoms with Gasteiger partial charge in [0.15, 0.2) is 0 Å². The van der Waals surface area contributed by atoms with E-state index < -0.39 is 17.7 Å². The molecular formula is C29H28ClNO3. The number of aliphatic hydroxyl groups excluding tert-OH is 1. The molecule has 1 aliphatic rings. The van der Waals surface area contributed by atoms with Gasteiger partial charge in [0, 0.05) is 16.3 Å². The van der Waals surface area contributed by atoms with Crippen LogP contribution >= 0.6 is 11.6 Å². The van der Waals surface area contributed by atoms with Crippen molar-refractivity contribution >= 4 is 34.7 Å². The van der Waals surface area contributed by atoms with Gasteiger partial charge in [-0.1, -0.05) is 80.9 Å². The number of ketones is 1. The molecule has 1 unspecified atom stereocenters. The van der Waals surface area contributed by atoms with Crippen LogP contribution in [-0.4, -0.2) is 16.8 Å². The van der Waals surface area contributed by atoms with Crippen molar-refractivity contribution in [1.82, 2.24) is 0 Å². The van der Waals surface area contributed by atoms with Gasteiger partial charge in [-0.3, -0.25) is 14.5 Å². The van der Waals surface area contributed by atoms with Crippen LogP contribution in [0, 0.1) is 13.8 Å². The highest BCUT2D eigenvalue weighted by Crippen LogP contribution is 2.44. The molecular weight excluding hydrogens is 446 g/mol. The van der Waals surface area contributed by atoms with Gasteiger partial charge in [-0.15, -0.1) is 0 Å². The Morgan fingerprint density at radius 3 is 2.26 bits per heavy atom. The number of anilines is 1. The van der Waals surface area contributed by atoms with Crippen molar-refractivity contribution in [2.45, 2.75) is 46.1 Å². The van der Waals surface area contributed by atoms with Crippen molar-refractivity contribution in [3.05, 3.63) is 105 Å². The van der Waals surface area contributed by atoms with E-state index in [2.05, 4.69) is 20.8 Å². The highest BCUT2D eigenvalue weighted by Gasteiger charge is 2.47. The first-order valence-electron chi connectivity index (χ1n) is 11.2. The molecule has 1 aliphatic heterocycles. The van der Waals surface area contributed by atoms with Crippen LogP contribution in [0.5, 0.6) is 0 Å². The number of carbonyl (C=O) groups excluding carboxylic acids is 2. The summed E-state index contributed by atoms with van der Waals surface area (Å²) in [6, 6.07) is 19.6. The molecule has 4 nitrogen and oxygen atoms in total. The molecule has 3 aromatic carbocycles. The van der Waals surface area contributed by atoms with E-state index in [-0.39, 0.29) is 16.7 Å². The van der Waals surface area contributed by atoms with Crippen LogP contribution in [-0.2, 0) is 15.0 Å². The minimum Gasteiger partial charge on any atom is -0.507 e. The van der Waals surface area contributed by atoms with Crippen molar-refractivity contribution in [2.75, 3.05) is 4.90 Å². The maximum atomic E-state index is 13.4. The number of hydrogen-bond donors (Lipinski definition) is 1. The number of hydrogen-bond acceptors (Lipinski definition) is 3. The largest absolute Gasteiger partial charge is 0.507 e. The predicted octanol–water partition coefficient (Wildman–Crippen LogP) is 6.88.